The fourth-order valence-corrected chi connectivity index (χ4v) is 2.57. The van der Waals surface area contributed by atoms with Gasteiger partial charge in [0, 0.05) is 19.1 Å². The Labute approximate surface area is 117 Å². The van der Waals surface area contributed by atoms with Crippen molar-refractivity contribution in [1.29, 1.82) is 0 Å². The summed E-state index contributed by atoms with van der Waals surface area (Å²) in [6.07, 6.45) is 5.67. The highest BCUT2D eigenvalue weighted by Gasteiger charge is 2.33. The number of hydrogen-bond acceptors (Lipinski definition) is 3. The molecular formula is C16H28N2O. The van der Waals surface area contributed by atoms with Gasteiger partial charge >= 0.3 is 0 Å². The summed E-state index contributed by atoms with van der Waals surface area (Å²) in [5.41, 5.74) is 0.310. The smallest absolute Gasteiger partial charge is 0.117 e. The number of rotatable bonds is 9. The first-order chi connectivity index (χ1) is 9.11. The maximum atomic E-state index is 5.50. The molecule has 1 N–H and O–H groups in total. The molecule has 1 aromatic rings. The molecule has 1 saturated carbocycles. The lowest BCUT2D eigenvalue weighted by molar-refractivity contribution is 0.150. The monoisotopic (exact) mass is 264 g/mol. The normalized spacial score (nSPS) is 16.2. The van der Waals surface area contributed by atoms with E-state index >= 15 is 0 Å². The number of nitrogens with one attached hydrogen (secondary N) is 1. The van der Waals surface area contributed by atoms with Gasteiger partial charge in [-0.15, -0.1) is 0 Å². The Kier molecular flexibility index (Phi) is 5.06. The summed E-state index contributed by atoms with van der Waals surface area (Å²) in [5, 5.41) is 3.55. The SMILES string of the molecule is CCCNCC(C)(C)CN(Cc1ccco1)C1CC1. The predicted molar refractivity (Wildman–Crippen MR) is 79.1 cm³/mol. The number of nitrogens with zero attached hydrogens (tertiary/aromatic N) is 1. The van der Waals surface area contributed by atoms with Gasteiger partial charge < -0.3 is 9.73 Å². The first-order valence-electron chi connectivity index (χ1n) is 7.58. The molecule has 2 rings (SSSR count). The van der Waals surface area contributed by atoms with Crippen LogP contribution in [0.15, 0.2) is 22.8 Å². The first kappa shape index (κ1) is 14.6. The van der Waals surface area contributed by atoms with Crippen molar-refractivity contribution in [3.63, 3.8) is 0 Å². The summed E-state index contributed by atoms with van der Waals surface area (Å²) >= 11 is 0. The Hall–Kier alpha value is -0.800. The van der Waals surface area contributed by atoms with Gasteiger partial charge in [0.25, 0.3) is 0 Å². The highest BCUT2D eigenvalue weighted by molar-refractivity contribution is 5.00. The molecule has 3 heteroatoms. The van der Waals surface area contributed by atoms with Crippen LogP contribution in [0.2, 0.25) is 0 Å². The summed E-state index contributed by atoms with van der Waals surface area (Å²) in [6, 6.07) is 4.84. The van der Waals surface area contributed by atoms with Crippen LogP contribution in [0.1, 0.15) is 45.8 Å². The Morgan fingerprint density at radius 1 is 1.42 bits per heavy atom. The lowest BCUT2D eigenvalue weighted by Crippen LogP contribution is -2.41. The van der Waals surface area contributed by atoms with E-state index in [1.54, 1.807) is 6.26 Å². The van der Waals surface area contributed by atoms with E-state index in [2.05, 4.69) is 37.1 Å². The van der Waals surface area contributed by atoms with Crippen molar-refractivity contribution in [1.82, 2.24) is 10.2 Å². The molecule has 0 spiro atoms. The fourth-order valence-electron chi connectivity index (χ4n) is 2.57. The predicted octanol–water partition coefficient (Wildman–Crippen LogP) is 3.27. The summed E-state index contributed by atoms with van der Waals surface area (Å²) in [7, 11) is 0. The molecule has 1 aliphatic carbocycles. The van der Waals surface area contributed by atoms with E-state index in [0.29, 0.717) is 5.41 Å². The molecule has 0 unspecified atom stereocenters. The van der Waals surface area contributed by atoms with Crippen molar-refractivity contribution in [3.05, 3.63) is 24.2 Å². The largest absolute Gasteiger partial charge is 0.468 e. The maximum Gasteiger partial charge on any atom is 0.117 e. The number of hydrogen-bond donors (Lipinski definition) is 1. The molecule has 0 atom stereocenters. The maximum absolute atomic E-state index is 5.50. The quantitative estimate of drug-likeness (QED) is 0.694. The average Bonchev–Trinajstić information content (AvgIpc) is 3.08. The van der Waals surface area contributed by atoms with Crippen LogP contribution in [0, 0.1) is 5.41 Å². The zero-order valence-corrected chi connectivity index (χ0v) is 12.6. The Morgan fingerprint density at radius 2 is 2.21 bits per heavy atom. The van der Waals surface area contributed by atoms with Crippen molar-refractivity contribution in [3.8, 4) is 0 Å². The minimum absolute atomic E-state index is 0.310. The molecule has 0 aromatic carbocycles. The lowest BCUT2D eigenvalue weighted by atomic mass is 9.92. The molecular weight excluding hydrogens is 236 g/mol. The average molecular weight is 264 g/mol. The summed E-state index contributed by atoms with van der Waals surface area (Å²) in [5.74, 6) is 1.09. The van der Waals surface area contributed by atoms with Gasteiger partial charge in [-0.1, -0.05) is 20.8 Å². The molecule has 0 radical (unpaired) electrons. The molecule has 0 amide bonds. The van der Waals surface area contributed by atoms with Crippen molar-refractivity contribution in [2.45, 2.75) is 52.6 Å². The summed E-state index contributed by atoms with van der Waals surface area (Å²) in [6.45, 7) is 11.2. The molecule has 19 heavy (non-hydrogen) atoms. The van der Waals surface area contributed by atoms with Crippen molar-refractivity contribution in [2.75, 3.05) is 19.6 Å². The standard InChI is InChI=1S/C16H28N2O/c1-4-9-17-12-16(2,3)13-18(14-7-8-14)11-15-6-5-10-19-15/h5-6,10,14,17H,4,7-9,11-13H2,1-3H3. The molecule has 1 heterocycles. The van der Waals surface area contributed by atoms with Gasteiger partial charge in [-0.3, -0.25) is 4.90 Å². The van der Waals surface area contributed by atoms with E-state index in [0.717, 1.165) is 38.0 Å². The van der Waals surface area contributed by atoms with Crippen LogP contribution in [0.5, 0.6) is 0 Å². The first-order valence-corrected chi connectivity index (χ1v) is 7.58. The molecule has 0 bridgehead atoms. The third kappa shape index (κ3) is 5.00. The second kappa shape index (κ2) is 6.58. The van der Waals surface area contributed by atoms with E-state index in [4.69, 9.17) is 4.42 Å². The second-order valence-corrected chi connectivity index (χ2v) is 6.56. The van der Waals surface area contributed by atoms with Crippen LogP contribution in [0.4, 0.5) is 0 Å². The molecule has 1 aromatic heterocycles. The van der Waals surface area contributed by atoms with Gasteiger partial charge in [0.15, 0.2) is 0 Å². The zero-order valence-electron chi connectivity index (χ0n) is 12.6. The fraction of sp³-hybridized carbons (Fsp3) is 0.750. The van der Waals surface area contributed by atoms with Crippen molar-refractivity contribution in [2.24, 2.45) is 5.41 Å². The zero-order chi connectivity index (χ0) is 13.7. The van der Waals surface area contributed by atoms with Gasteiger partial charge in [0.1, 0.15) is 5.76 Å². The molecule has 3 nitrogen and oxygen atoms in total. The number of furan rings is 1. The Bertz CT molecular complexity index is 355. The highest BCUT2D eigenvalue weighted by atomic mass is 16.3. The van der Waals surface area contributed by atoms with Gasteiger partial charge in [-0.05, 0) is 43.4 Å². The summed E-state index contributed by atoms with van der Waals surface area (Å²) < 4.78 is 5.50. The van der Waals surface area contributed by atoms with Gasteiger partial charge in [-0.2, -0.15) is 0 Å². The highest BCUT2D eigenvalue weighted by Crippen LogP contribution is 2.31. The topological polar surface area (TPSA) is 28.4 Å². The molecule has 108 valence electrons. The van der Waals surface area contributed by atoms with Gasteiger partial charge in [0.05, 0.1) is 12.8 Å². The minimum Gasteiger partial charge on any atom is -0.468 e. The lowest BCUT2D eigenvalue weighted by Gasteiger charge is -2.32. The third-order valence-electron chi connectivity index (χ3n) is 3.66. The second-order valence-electron chi connectivity index (χ2n) is 6.56. The van der Waals surface area contributed by atoms with Crippen molar-refractivity contribution < 1.29 is 4.42 Å². The van der Waals surface area contributed by atoms with Crippen LogP contribution in [0.25, 0.3) is 0 Å². The molecule has 1 aliphatic rings. The van der Waals surface area contributed by atoms with Crippen molar-refractivity contribution >= 4 is 0 Å². The third-order valence-corrected chi connectivity index (χ3v) is 3.66. The van der Waals surface area contributed by atoms with E-state index in [1.807, 2.05) is 6.07 Å². The Morgan fingerprint density at radius 3 is 2.79 bits per heavy atom. The van der Waals surface area contributed by atoms with Crippen LogP contribution in [-0.2, 0) is 6.54 Å². The van der Waals surface area contributed by atoms with Gasteiger partial charge in [-0.25, -0.2) is 0 Å². The Balaban J connectivity index is 1.85. The molecule has 0 aliphatic heterocycles. The molecule has 0 saturated heterocycles. The van der Waals surface area contributed by atoms with Crippen LogP contribution < -0.4 is 5.32 Å². The van der Waals surface area contributed by atoms with Gasteiger partial charge in [0.2, 0.25) is 0 Å². The van der Waals surface area contributed by atoms with E-state index in [1.165, 1.54) is 19.3 Å². The van der Waals surface area contributed by atoms with Crippen LogP contribution in [0.3, 0.4) is 0 Å². The minimum atomic E-state index is 0.310. The van der Waals surface area contributed by atoms with E-state index in [-0.39, 0.29) is 0 Å². The van der Waals surface area contributed by atoms with E-state index in [9.17, 15) is 0 Å². The molecule has 1 fully saturated rings. The van der Waals surface area contributed by atoms with Crippen LogP contribution in [-0.4, -0.2) is 30.6 Å². The van der Waals surface area contributed by atoms with Crippen LogP contribution >= 0.6 is 0 Å². The summed E-state index contributed by atoms with van der Waals surface area (Å²) in [4.78, 5) is 2.59. The van der Waals surface area contributed by atoms with E-state index < -0.39 is 0 Å².